The standard InChI is InChI=1S/C11H10N2O2/c1-8-10(7-14)11(15)12-13(8)9-5-3-2-4-6-9/h2-7H,1H3,(H,12,15). The van der Waals surface area contributed by atoms with Gasteiger partial charge < -0.3 is 0 Å². The molecule has 0 aliphatic rings. The van der Waals surface area contributed by atoms with Crippen molar-refractivity contribution in [1.82, 2.24) is 9.78 Å². The molecule has 4 heteroatoms. The largest absolute Gasteiger partial charge is 0.298 e. The number of rotatable bonds is 2. The minimum atomic E-state index is -0.355. The zero-order valence-electron chi connectivity index (χ0n) is 8.23. The summed E-state index contributed by atoms with van der Waals surface area (Å²) in [7, 11) is 0. The smallest absolute Gasteiger partial charge is 0.275 e. The van der Waals surface area contributed by atoms with Crippen LogP contribution in [0.5, 0.6) is 0 Å². The third-order valence-electron chi connectivity index (χ3n) is 2.32. The van der Waals surface area contributed by atoms with Gasteiger partial charge in [-0.1, -0.05) is 18.2 Å². The number of aldehydes is 1. The lowest BCUT2D eigenvalue weighted by Gasteiger charge is -2.03. The molecule has 15 heavy (non-hydrogen) atoms. The molecule has 0 saturated heterocycles. The van der Waals surface area contributed by atoms with Crippen molar-refractivity contribution in [2.45, 2.75) is 6.92 Å². The van der Waals surface area contributed by atoms with E-state index in [1.54, 1.807) is 11.6 Å². The van der Waals surface area contributed by atoms with Crippen LogP contribution < -0.4 is 5.56 Å². The SMILES string of the molecule is Cc1c(C=O)c(=O)[nH]n1-c1ccccc1. The summed E-state index contributed by atoms with van der Waals surface area (Å²) in [5, 5.41) is 2.61. The van der Waals surface area contributed by atoms with Gasteiger partial charge in [-0.3, -0.25) is 19.4 Å². The molecular weight excluding hydrogens is 192 g/mol. The topological polar surface area (TPSA) is 54.9 Å². The first-order chi connectivity index (χ1) is 7.24. The van der Waals surface area contributed by atoms with Crippen molar-refractivity contribution in [3.05, 3.63) is 51.9 Å². The summed E-state index contributed by atoms with van der Waals surface area (Å²) in [6, 6.07) is 9.34. The van der Waals surface area contributed by atoms with Gasteiger partial charge in [0.15, 0.2) is 6.29 Å². The molecule has 4 nitrogen and oxygen atoms in total. The van der Waals surface area contributed by atoms with Crippen LogP contribution in [0, 0.1) is 6.92 Å². The molecule has 0 atom stereocenters. The number of carbonyl (C=O) groups is 1. The number of aromatic nitrogens is 2. The van der Waals surface area contributed by atoms with Gasteiger partial charge in [0, 0.05) is 0 Å². The Kier molecular flexibility index (Phi) is 2.25. The molecule has 1 aromatic carbocycles. The number of para-hydroxylation sites is 1. The first kappa shape index (κ1) is 9.45. The summed E-state index contributed by atoms with van der Waals surface area (Å²) in [6.07, 6.45) is 0.577. The van der Waals surface area contributed by atoms with Gasteiger partial charge in [0.2, 0.25) is 0 Å². The Morgan fingerprint density at radius 2 is 1.93 bits per heavy atom. The second-order valence-corrected chi connectivity index (χ2v) is 3.23. The number of H-pyrrole nitrogens is 1. The highest BCUT2D eigenvalue weighted by molar-refractivity contribution is 5.76. The monoisotopic (exact) mass is 202 g/mol. The molecule has 0 saturated carbocycles. The molecule has 2 rings (SSSR count). The van der Waals surface area contributed by atoms with E-state index in [4.69, 9.17) is 0 Å². The summed E-state index contributed by atoms with van der Waals surface area (Å²) in [4.78, 5) is 22.0. The normalized spacial score (nSPS) is 10.2. The Balaban J connectivity index is 2.65. The van der Waals surface area contributed by atoms with Crippen LogP contribution in [0.3, 0.4) is 0 Å². The lowest BCUT2D eigenvalue weighted by Crippen LogP contribution is -2.06. The highest BCUT2D eigenvalue weighted by atomic mass is 16.1. The van der Waals surface area contributed by atoms with Crippen molar-refractivity contribution >= 4 is 6.29 Å². The lowest BCUT2D eigenvalue weighted by molar-refractivity contribution is 0.112. The first-order valence-corrected chi connectivity index (χ1v) is 4.56. The molecule has 0 aliphatic heterocycles. The van der Waals surface area contributed by atoms with Gasteiger partial charge in [-0.2, -0.15) is 0 Å². The number of hydrogen-bond acceptors (Lipinski definition) is 2. The molecule has 0 aliphatic carbocycles. The predicted molar refractivity (Wildman–Crippen MR) is 56.5 cm³/mol. The fourth-order valence-electron chi connectivity index (χ4n) is 1.50. The van der Waals surface area contributed by atoms with Crippen LogP contribution in [0.25, 0.3) is 5.69 Å². The Labute approximate surface area is 86.1 Å². The highest BCUT2D eigenvalue weighted by Crippen LogP contribution is 2.09. The van der Waals surface area contributed by atoms with E-state index < -0.39 is 0 Å². The van der Waals surface area contributed by atoms with E-state index in [0.29, 0.717) is 12.0 Å². The molecular formula is C11H10N2O2. The lowest BCUT2D eigenvalue weighted by atomic mass is 10.2. The predicted octanol–water partition coefficient (Wildman–Crippen LogP) is 1.29. The van der Waals surface area contributed by atoms with Crippen molar-refractivity contribution in [2.75, 3.05) is 0 Å². The Bertz CT molecular complexity index is 537. The maximum Gasteiger partial charge on any atom is 0.275 e. The van der Waals surface area contributed by atoms with E-state index in [1.807, 2.05) is 30.3 Å². The van der Waals surface area contributed by atoms with Gasteiger partial charge in [0.05, 0.1) is 11.4 Å². The summed E-state index contributed by atoms with van der Waals surface area (Å²) in [5.74, 6) is 0. The van der Waals surface area contributed by atoms with Crippen molar-refractivity contribution in [3.63, 3.8) is 0 Å². The maximum atomic E-state index is 11.4. The molecule has 1 heterocycles. The quantitative estimate of drug-likeness (QED) is 0.746. The minimum Gasteiger partial charge on any atom is -0.298 e. The van der Waals surface area contributed by atoms with Gasteiger partial charge in [-0.05, 0) is 19.1 Å². The van der Waals surface area contributed by atoms with E-state index >= 15 is 0 Å². The average Bonchev–Trinajstić information content (AvgIpc) is 2.55. The molecule has 0 amide bonds. The highest BCUT2D eigenvalue weighted by Gasteiger charge is 2.10. The van der Waals surface area contributed by atoms with Gasteiger partial charge in [0.1, 0.15) is 5.56 Å². The number of hydrogen-bond donors (Lipinski definition) is 1. The molecule has 0 fully saturated rings. The van der Waals surface area contributed by atoms with Crippen LogP contribution in [-0.2, 0) is 0 Å². The summed E-state index contributed by atoms with van der Waals surface area (Å²) >= 11 is 0. The fraction of sp³-hybridized carbons (Fsp3) is 0.0909. The first-order valence-electron chi connectivity index (χ1n) is 4.56. The van der Waals surface area contributed by atoms with Gasteiger partial charge in [0.25, 0.3) is 5.56 Å². The summed E-state index contributed by atoms with van der Waals surface area (Å²) in [6.45, 7) is 1.73. The van der Waals surface area contributed by atoms with E-state index in [9.17, 15) is 9.59 Å². The molecule has 0 spiro atoms. The van der Waals surface area contributed by atoms with E-state index in [-0.39, 0.29) is 11.1 Å². The van der Waals surface area contributed by atoms with Gasteiger partial charge in [-0.15, -0.1) is 0 Å². The second kappa shape index (κ2) is 3.57. The van der Waals surface area contributed by atoms with Crippen molar-refractivity contribution < 1.29 is 4.79 Å². The minimum absolute atomic E-state index is 0.179. The van der Waals surface area contributed by atoms with Crippen LogP contribution in [0.15, 0.2) is 35.1 Å². The Morgan fingerprint density at radius 3 is 2.47 bits per heavy atom. The Hall–Kier alpha value is -2.10. The number of aromatic amines is 1. The molecule has 76 valence electrons. The molecule has 1 N–H and O–H groups in total. The number of nitrogens with one attached hydrogen (secondary N) is 1. The second-order valence-electron chi connectivity index (χ2n) is 3.23. The Morgan fingerprint density at radius 1 is 1.27 bits per heavy atom. The van der Waals surface area contributed by atoms with E-state index in [1.165, 1.54) is 0 Å². The fourth-order valence-corrected chi connectivity index (χ4v) is 1.50. The van der Waals surface area contributed by atoms with Crippen molar-refractivity contribution in [1.29, 1.82) is 0 Å². The van der Waals surface area contributed by atoms with Gasteiger partial charge >= 0.3 is 0 Å². The third kappa shape index (κ3) is 1.50. The van der Waals surface area contributed by atoms with Crippen LogP contribution in [0.4, 0.5) is 0 Å². The van der Waals surface area contributed by atoms with Crippen LogP contribution in [0.1, 0.15) is 16.1 Å². The van der Waals surface area contributed by atoms with Crippen LogP contribution in [-0.4, -0.2) is 16.1 Å². The number of carbonyl (C=O) groups excluding carboxylic acids is 1. The third-order valence-corrected chi connectivity index (χ3v) is 2.32. The van der Waals surface area contributed by atoms with Crippen molar-refractivity contribution in [2.24, 2.45) is 0 Å². The maximum absolute atomic E-state index is 11.4. The zero-order valence-corrected chi connectivity index (χ0v) is 8.23. The van der Waals surface area contributed by atoms with E-state index in [0.717, 1.165) is 5.69 Å². The van der Waals surface area contributed by atoms with Gasteiger partial charge in [-0.25, -0.2) is 0 Å². The summed E-state index contributed by atoms with van der Waals surface area (Å²) in [5.41, 5.74) is 1.28. The molecule has 2 aromatic rings. The van der Waals surface area contributed by atoms with Crippen LogP contribution in [0.2, 0.25) is 0 Å². The van der Waals surface area contributed by atoms with Crippen molar-refractivity contribution in [3.8, 4) is 5.69 Å². The molecule has 0 unspecified atom stereocenters. The zero-order chi connectivity index (χ0) is 10.8. The van der Waals surface area contributed by atoms with E-state index in [2.05, 4.69) is 5.10 Å². The summed E-state index contributed by atoms with van der Waals surface area (Å²) < 4.78 is 1.60. The van der Waals surface area contributed by atoms with Crippen LogP contribution >= 0.6 is 0 Å². The number of benzene rings is 1. The molecule has 0 bridgehead atoms. The molecule has 1 aromatic heterocycles. The number of nitrogens with zero attached hydrogens (tertiary/aromatic N) is 1. The average molecular weight is 202 g/mol. The molecule has 0 radical (unpaired) electrons.